The highest BCUT2D eigenvalue weighted by Gasteiger charge is 2.54. The van der Waals surface area contributed by atoms with Crippen LogP contribution in [0, 0.1) is 0 Å². The Morgan fingerprint density at radius 2 is 1.89 bits per heavy atom. The highest BCUT2D eigenvalue weighted by molar-refractivity contribution is 5.95. The third-order valence-corrected chi connectivity index (χ3v) is 6.02. The minimum atomic E-state index is -0.932. The topological polar surface area (TPSA) is 153 Å². The maximum Gasteiger partial charge on any atom is 0.320 e. The first kappa shape index (κ1) is 24.1. The number of benzene rings is 1. The van der Waals surface area contributed by atoms with Crippen LogP contribution in [-0.2, 0) is 19.0 Å². The molecule has 0 bridgehead atoms. The molecule has 36 heavy (non-hydrogen) atoms. The van der Waals surface area contributed by atoms with Crippen molar-refractivity contribution in [3.05, 3.63) is 48.5 Å². The monoisotopic (exact) mass is 497 g/mol. The lowest BCUT2D eigenvalue weighted by atomic mass is 10.1. The number of nitrogens with zero attached hydrogens (tertiary/aromatic N) is 5. The van der Waals surface area contributed by atoms with Crippen LogP contribution in [0.3, 0.4) is 0 Å². The zero-order valence-electron chi connectivity index (χ0n) is 19.8. The average molecular weight is 498 g/mol. The number of imidazole rings is 1. The number of ether oxygens (including phenoxy) is 3. The zero-order chi connectivity index (χ0) is 25.2. The van der Waals surface area contributed by atoms with Gasteiger partial charge in [-0.05, 0) is 14.0 Å². The number of hydrogen-bond acceptors (Lipinski definition) is 9. The van der Waals surface area contributed by atoms with Gasteiger partial charge in [0, 0.05) is 18.7 Å². The molecule has 3 aromatic rings. The van der Waals surface area contributed by atoms with E-state index in [1.165, 1.54) is 6.33 Å². The SMILES string of the molecule is CCNC(=O)Nc1ncnc2c1ncn2C1OC(CN(C)CC(=O)O)C2O[C@H](c3ccccc3)OC21. The number of carboxylic acids is 1. The minimum absolute atomic E-state index is 0.138. The van der Waals surface area contributed by atoms with Gasteiger partial charge in [-0.15, -0.1) is 0 Å². The molecule has 3 N–H and O–H groups in total. The van der Waals surface area contributed by atoms with Gasteiger partial charge in [0.05, 0.1) is 12.9 Å². The molecule has 2 fully saturated rings. The Balaban J connectivity index is 1.45. The summed E-state index contributed by atoms with van der Waals surface area (Å²) in [5.41, 5.74) is 1.72. The van der Waals surface area contributed by atoms with Gasteiger partial charge in [-0.2, -0.15) is 0 Å². The first-order chi connectivity index (χ1) is 17.4. The van der Waals surface area contributed by atoms with Crippen molar-refractivity contribution < 1.29 is 28.9 Å². The fourth-order valence-corrected chi connectivity index (χ4v) is 4.52. The summed E-state index contributed by atoms with van der Waals surface area (Å²) in [6.07, 6.45) is 0.223. The summed E-state index contributed by atoms with van der Waals surface area (Å²) in [6.45, 7) is 2.46. The van der Waals surface area contributed by atoms with E-state index in [9.17, 15) is 14.7 Å². The Bertz CT molecular complexity index is 1240. The Hall–Kier alpha value is -3.65. The standard InChI is InChI=1S/C23H27N7O6/c1-3-24-23(33)28-19-16-20(26-11-25-19)30(12-27-16)21-18-17(14(34-21)9-29(2)10-15(31)32)35-22(36-18)13-7-5-4-6-8-13/h4-8,11-12,14,17-18,21-22H,3,9-10H2,1-2H3,(H,31,32)(H2,24,25,26,28,33)/t14?,17?,18?,21?,22-/m0/s1. The summed E-state index contributed by atoms with van der Waals surface area (Å²) in [4.78, 5) is 37.8. The number of amides is 2. The molecule has 1 aromatic carbocycles. The number of aliphatic carboxylic acids is 1. The summed E-state index contributed by atoms with van der Waals surface area (Å²) in [5, 5.41) is 14.5. The predicted molar refractivity (Wildman–Crippen MR) is 126 cm³/mol. The normalized spacial score (nSPS) is 25.2. The number of carbonyl (C=O) groups is 2. The van der Waals surface area contributed by atoms with E-state index in [2.05, 4.69) is 25.6 Å². The molecule has 4 unspecified atom stereocenters. The van der Waals surface area contributed by atoms with Crippen molar-refractivity contribution >= 4 is 29.0 Å². The molecular weight excluding hydrogens is 470 g/mol. The quantitative estimate of drug-likeness (QED) is 0.416. The molecule has 2 amide bonds. The lowest BCUT2D eigenvalue weighted by Gasteiger charge is -2.24. The Morgan fingerprint density at radius 1 is 1.11 bits per heavy atom. The van der Waals surface area contributed by atoms with E-state index in [4.69, 9.17) is 14.2 Å². The van der Waals surface area contributed by atoms with Crippen molar-refractivity contribution in [3.63, 3.8) is 0 Å². The van der Waals surface area contributed by atoms with Crippen LogP contribution in [0.15, 0.2) is 43.0 Å². The first-order valence-corrected chi connectivity index (χ1v) is 11.6. The van der Waals surface area contributed by atoms with E-state index in [1.807, 2.05) is 37.3 Å². The minimum Gasteiger partial charge on any atom is -0.480 e. The highest BCUT2D eigenvalue weighted by atomic mass is 16.8. The first-order valence-electron chi connectivity index (χ1n) is 11.6. The molecule has 5 rings (SSSR count). The zero-order valence-corrected chi connectivity index (χ0v) is 19.8. The molecule has 2 saturated heterocycles. The second kappa shape index (κ2) is 10.1. The van der Waals surface area contributed by atoms with Crippen LogP contribution in [-0.4, -0.2) is 86.5 Å². The molecule has 2 aromatic heterocycles. The molecule has 2 aliphatic heterocycles. The van der Waals surface area contributed by atoms with Gasteiger partial charge in [0.25, 0.3) is 0 Å². The maximum absolute atomic E-state index is 12.0. The Labute approximate surface area is 206 Å². The lowest BCUT2D eigenvalue weighted by Crippen LogP contribution is -2.39. The Morgan fingerprint density at radius 3 is 2.64 bits per heavy atom. The molecule has 2 aliphatic rings. The smallest absolute Gasteiger partial charge is 0.320 e. The number of carboxylic acid groups (broad SMARTS) is 1. The van der Waals surface area contributed by atoms with E-state index in [-0.39, 0.29) is 12.4 Å². The number of nitrogens with one attached hydrogen (secondary N) is 2. The van der Waals surface area contributed by atoms with Crippen molar-refractivity contribution in [2.24, 2.45) is 0 Å². The summed E-state index contributed by atoms with van der Waals surface area (Å²) in [7, 11) is 1.71. The molecule has 0 saturated carbocycles. The van der Waals surface area contributed by atoms with E-state index < -0.39 is 42.8 Å². The van der Waals surface area contributed by atoms with Crippen LogP contribution >= 0.6 is 0 Å². The molecule has 0 radical (unpaired) electrons. The summed E-state index contributed by atoms with van der Waals surface area (Å²) < 4.78 is 20.7. The second-order valence-electron chi connectivity index (χ2n) is 8.63. The van der Waals surface area contributed by atoms with E-state index in [0.29, 0.717) is 24.3 Å². The number of anilines is 1. The van der Waals surface area contributed by atoms with E-state index >= 15 is 0 Å². The van der Waals surface area contributed by atoms with E-state index in [1.54, 1.807) is 22.8 Å². The molecular formula is C23H27N7O6. The van der Waals surface area contributed by atoms with Crippen molar-refractivity contribution in [2.45, 2.75) is 37.8 Å². The van der Waals surface area contributed by atoms with Crippen LogP contribution in [0.1, 0.15) is 25.0 Å². The number of likely N-dealkylation sites (N-methyl/N-ethyl adjacent to an activating group) is 1. The fraction of sp³-hybridized carbons (Fsp3) is 0.435. The van der Waals surface area contributed by atoms with Gasteiger partial charge in [-0.25, -0.2) is 19.7 Å². The molecule has 190 valence electrons. The number of aromatic nitrogens is 4. The second-order valence-corrected chi connectivity index (χ2v) is 8.63. The number of rotatable bonds is 8. The third kappa shape index (κ3) is 4.73. The van der Waals surface area contributed by atoms with E-state index in [0.717, 1.165) is 5.56 Å². The number of carbonyl (C=O) groups excluding carboxylic acids is 1. The molecule has 4 heterocycles. The van der Waals surface area contributed by atoms with Gasteiger partial charge >= 0.3 is 12.0 Å². The van der Waals surface area contributed by atoms with Gasteiger partial charge in [0.2, 0.25) is 0 Å². The largest absolute Gasteiger partial charge is 0.480 e. The van der Waals surface area contributed by atoms with Crippen molar-refractivity contribution in [1.29, 1.82) is 0 Å². The molecule has 13 nitrogen and oxygen atoms in total. The van der Waals surface area contributed by atoms with Crippen LogP contribution in [0.2, 0.25) is 0 Å². The van der Waals surface area contributed by atoms with Gasteiger partial charge in [0.1, 0.15) is 24.6 Å². The molecule has 5 atom stereocenters. The Kier molecular flexibility index (Phi) is 6.78. The summed E-state index contributed by atoms with van der Waals surface area (Å²) >= 11 is 0. The van der Waals surface area contributed by atoms with Crippen LogP contribution in [0.4, 0.5) is 10.6 Å². The average Bonchev–Trinajstić information content (AvgIpc) is 3.54. The summed E-state index contributed by atoms with van der Waals surface area (Å²) in [5.74, 6) is -0.665. The maximum atomic E-state index is 12.0. The van der Waals surface area contributed by atoms with Crippen molar-refractivity contribution in [2.75, 3.05) is 32.0 Å². The van der Waals surface area contributed by atoms with Crippen molar-refractivity contribution in [3.8, 4) is 0 Å². The molecule has 0 spiro atoms. The van der Waals surface area contributed by atoms with Crippen molar-refractivity contribution in [1.82, 2.24) is 29.7 Å². The van der Waals surface area contributed by atoms with Gasteiger partial charge < -0.3 is 24.6 Å². The van der Waals surface area contributed by atoms with Crippen LogP contribution < -0.4 is 10.6 Å². The third-order valence-electron chi connectivity index (χ3n) is 6.02. The van der Waals surface area contributed by atoms with Gasteiger partial charge in [-0.1, -0.05) is 30.3 Å². The van der Waals surface area contributed by atoms with Crippen LogP contribution in [0.25, 0.3) is 11.2 Å². The highest BCUT2D eigenvalue weighted by Crippen LogP contribution is 2.45. The van der Waals surface area contributed by atoms with Crippen LogP contribution in [0.5, 0.6) is 0 Å². The molecule has 0 aliphatic carbocycles. The van der Waals surface area contributed by atoms with Gasteiger partial charge in [0.15, 0.2) is 29.5 Å². The number of urea groups is 1. The molecule has 13 heteroatoms. The number of hydrogen-bond donors (Lipinski definition) is 3. The number of fused-ring (bicyclic) bond motifs is 2. The fourth-order valence-electron chi connectivity index (χ4n) is 4.52. The van der Waals surface area contributed by atoms with Gasteiger partial charge in [-0.3, -0.25) is 19.6 Å². The predicted octanol–water partition coefficient (Wildman–Crippen LogP) is 1.36. The summed E-state index contributed by atoms with van der Waals surface area (Å²) in [6, 6.07) is 9.18. The lowest BCUT2D eigenvalue weighted by molar-refractivity contribution is -0.152.